The fraction of sp³-hybridized carbons (Fsp3) is 0.526. The van der Waals surface area contributed by atoms with Gasteiger partial charge in [0, 0.05) is 11.6 Å². The Hall–Kier alpha value is -2.37. The first-order valence-electron chi connectivity index (χ1n) is 8.53. The summed E-state index contributed by atoms with van der Waals surface area (Å²) < 4.78 is 15.9. The lowest BCUT2D eigenvalue weighted by Crippen LogP contribution is -2.27. The molecule has 0 radical (unpaired) electrons. The zero-order valence-corrected chi connectivity index (χ0v) is 14.5. The molecule has 2 aliphatic carbocycles. The number of cyclic esters (lactones) is 1. The fourth-order valence-electron chi connectivity index (χ4n) is 4.26. The van der Waals surface area contributed by atoms with Gasteiger partial charge in [-0.15, -0.1) is 0 Å². The van der Waals surface area contributed by atoms with Gasteiger partial charge in [-0.2, -0.15) is 0 Å². The number of hydrogen-bond donors (Lipinski definition) is 0. The molecular formula is C19H20O6. The van der Waals surface area contributed by atoms with Gasteiger partial charge in [0.2, 0.25) is 0 Å². The maximum absolute atomic E-state index is 12.9. The Morgan fingerprint density at radius 2 is 1.96 bits per heavy atom. The van der Waals surface area contributed by atoms with Crippen molar-refractivity contribution < 1.29 is 28.6 Å². The van der Waals surface area contributed by atoms with Crippen molar-refractivity contribution in [2.45, 2.75) is 52.4 Å². The van der Waals surface area contributed by atoms with E-state index in [1.165, 1.54) is 12.3 Å². The minimum atomic E-state index is -0.873. The highest BCUT2D eigenvalue weighted by Crippen LogP contribution is 2.53. The molecule has 0 N–H and O–H groups in total. The molecule has 0 aromatic rings. The number of carbonyl (C=O) groups is 3. The highest BCUT2D eigenvalue weighted by atomic mass is 16.7. The van der Waals surface area contributed by atoms with E-state index >= 15 is 0 Å². The first-order valence-corrected chi connectivity index (χ1v) is 8.53. The van der Waals surface area contributed by atoms with Gasteiger partial charge in [0.25, 0.3) is 6.29 Å². The molecule has 6 nitrogen and oxygen atoms in total. The van der Waals surface area contributed by atoms with E-state index < -0.39 is 30.3 Å². The summed E-state index contributed by atoms with van der Waals surface area (Å²) in [4.78, 5) is 36.5. The first kappa shape index (κ1) is 16.1. The molecule has 0 bridgehead atoms. The lowest BCUT2D eigenvalue weighted by molar-refractivity contribution is -0.152. The molecule has 4 rings (SSSR count). The zero-order valence-electron chi connectivity index (χ0n) is 14.5. The number of fused-ring (bicyclic) bond motifs is 2. The Morgan fingerprint density at radius 3 is 2.64 bits per heavy atom. The van der Waals surface area contributed by atoms with Crippen LogP contribution in [0.3, 0.4) is 0 Å². The van der Waals surface area contributed by atoms with Gasteiger partial charge in [0.05, 0.1) is 17.8 Å². The highest BCUT2D eigenvalue weighted by molar-refractivity contribution is 6.11. The Morgan fingerprint density at radius 1 is 1.20 bits per heavy atom. The van der Waals surface area contributed by atoms with Gasteiger partial charge in [0.15, 0.2) is 5.78 Å². The number of Topliss-reactive ketones (excluding diaryl/α,β-unsaturated/α-hetero) is 1. The molecule has 0 spiro atoms. The molecule has 4 aliphatic rings. The van der Waals surface area contributed by atoms with Gasteiger partial charge in [-0.05, 0) is 42.7 Å². The summed E-state index contributed by atoms with van der Waals surface area (Å²) in [5, 5.41) is 0. The van der Waals surface area contributed by atoms with Crippen LogP contribution < -0.4 is 0 Å². The van der Waals surface area contributed by atoms with Crippen molar-refractivity contribution in [3.05, 3.63) is 34.6 Å². The molecule has 1 fully saturated rings. The second-order valence-electron chi connectivity index (χ2n) is 7.63. The van der Waals surface area contributed by atoms with Crippen LogP contribution in [-0.4, -0.2) is 30.1 Å². The number of carbonyl (C=O) groups excluding carboxylic acids is 3. The molecule has 0 amide bonds. The Bertz CT molecular complexity index is 782. The lowest BCUT2D eigenvalue weighted by Gasteiger charge is -2.33. The Labute approximate surface area is 145 Å². The number of rotatable bonds is 2. The van der Waals surface area contributed by atoms with Crippen LogP contribution in [-0.2, 0) is 28.6 Å². The predicted molar refractivity (Wildman–Crippen MR) is 85.8 cm³/mol. The van der Waals surface area contributed by atoms with Gasteiger partial charge in [-0.1, -0.05) is 13.8 Å². The maximum atomic E-state index is 12.9. The van der Waals surface area contributed by atoms with Gasteiger partial charge in [-0.3, -0.25) is 4.79 Å². The van der Waals surface area contributed by atoms with Crippen molar-refractivity contribution >= 4 is 17.7 Å². The van der Waals surface area contributed by atoms with Gasteiger partial charge in [-0.25, -0.2) is 9.59 Å². The normalized spacial score (nSPS) is 34.7. The lowest BCUT2D eigenvalue weighted by atomic mass is 9.72. The van der Waals surface area contributed by atoms with E-state index in [1.54, 1.807) is 6.92 Å². The van der Waals surface area contributed by atoms with Crippen molar-refractivity contribution in [2.75, 3.05) is 0 Å². The molecule has 25 heavy (non-hydrogen) atoms. The second kappa shape index (κ2) is 5.31. The van der Waals surface area contributed by atoms with Crippen LogP contribution >= 0.6 is 0 Å². The molecule has 6 heteroatoms. The van der Waals surface area contributed by atoms with Crippen molar-refractivity contribution in [3.63, 3.8) is 0 Å². The molecule has 2 heterocycles. The number of ketones is 1. The van der Waals surface area contributed by atoms with Crippen LogP contribution in [0.4, 0.5) is 0 Å². The van der Waals surface area contributed by atoms with Crippen molar-refractivity contribution in [1.82, 2.24) is 0 Å². The van der Waals surface area contributed by atoms with Crippen LogP contribution in [0.15, 0.2) is 34.6 Å². The van der Waals surface area contributed by atoms with Crippen molar-refractivity contribution in [2.24, 2.45) is 11.3 Å². The van der Waals surface area contributed by atoms with Crippen LogP contribution in [0, 0.1) is 11.3 Å². The van der Waals surface area contributed by atoms with E-state index in [0.29, 0.717) is 5.57 Å². The summed E-state index contributed by atoms with van der Waals surface area (Å²) in [5.74, 6) is -1.67. The average molecular weight is 344 g/mol. The number of esters is 2. The SMILES string of the molecule is CC1=C[C@H](O/C=C2/C(=O)O[C@@H]3C4=C(CCCC4(C)C)C(=O)[C@H]23)OC1=O. The Balaban J connectivity index is 1.61. The van der Waals surface area contributed by atoms with E-state index in [9.17, 15) is 14.4 Å². The molecule has 0 unspecified atom stereocenters. The molecule has 2 aliphatic heterocycles. The highest BCUT2D eigenvalue weighted by Gasteiger charge is 2.56. The summed E-state index contributed by atoms with van der Waals surface area (Å²) >= 11 is 0. The third kappa shape index (κ3) is 2.34. The Kier molecular flexibility index (Phi) is 3.42. The summed E-state index contributed by atoms with van der Waals surface area (Å²) in [6.45, 7) is 5.81. The van der Waals surface area contributed by atoms with E-state index in [4.69, 9.17) is 14.2 Å². The summed E-state index contributed by atoms with van der Waals surface area (Å²) in [6.07, 6.45) is 4.02. The van der Waals surface area contributed by atoms with Crippen LogP contribution in [0.25, 0.3) is 0 Å². The van der Waals surface area contributed by atoms with E-state index in [0.717, 1.165) is 30.4 Å². The first-order chi connectivity index (χ1) is 11.8. The smallest absolute Gasteiger partial charge is 0.338 e. The topological polar surface area (TPSA) is 78.9 Å². The van der Waals surface area contributed by atoms with E-state index in [2.05, 4.69) is 13.8 Å². The molecule has 0 saturated carbocycles. The van der Waals surface area contributed by atoms with Crippen molar-refractivity contribution in [1.29, 1.82) is 0 Å². The molecule has 1 saturated heterocycles. The third-order valence-corrected chi connectivity index (χ3v) is 5.52. The zero-order chi connectivity index (χ0) is 17.9. The quantitative estimate of drug-likeness (QED) is 0.435. The summed E-state index contributed by atoms with van der Waals surface area (Å²) in [6, 6.07) is 0. The summed E-state index contributed by atoms with van der Waals surface area (Å²) in [7, 11) is 0. The minimum Gasteiger partial charge on any atom is -0.458 e. The fourth-order valence-corrected chi connectivity index (χ4v) is 4.26. The molecule has 132 valence electrons. The minimum absolute atomic E-state index is 0.0383. The standard InChI is InChI=1S/C19H20O6/c1-9-7-12(24-17(9)21)23-8-11-13-15(20)10-5-4-6-19(2,3)14(10)16(13)25-18(11)22/h7-8,12-13,16H,4-6H2,1-3H3/b11-8+/t12-,13+,16+/m1/s1. The third-order valence-electron chi connectivity index (χ3n) is 5.52. The predicted octanol–water partition coefficient (Wildman–Crippen LogP) is 2.35. The number of allylic oxidation sites excluding steroid dienone is 1. The molecule has 0 aromatic heterocycles. The maximum Gasteiger partial charge on any atom is 0.338 e. The van der Waals surface area contributed by atoms with Crippen molar-refractivity contribution in [3.8, 4) is 0 Å². The molecule has 0 aromatic carbocycles. The van der Waals surface area contributed by atoms with E-state index in [1.807, 2.05) is 0 Å². The van der Waals surface area contributed by atoms with Crippen LogP contribution in [0.2, 0.25) is 0 Å². The molecular weight excluding hydrogens is 324 g/mol. The van der Waals surface area contributed by atoms with E-state index in [-0.39, 0.29) is 16.8 Å². The average Bonchev–Trinajstić information content (AvgIpc) is 3.11. The van der Waals surface area contributed by atoms with Crippen LogP contribution in [0.1, 0.15) is 40.0 Å². The van der Waals surface area contributed by atoms with Gasteiger partial charge >= 0.3 is 11.9 Å². The molecule has 3 atom stereocenters. The second-order valence-corrected chi connectivity index (χ2v) is 7.63. The van der Waals surface area contributed by atoms with Crippen LogP contribution in [0.5, 0.6) is 0 Å². The largest absolute Gasteiger partial charge is 0.458 e. The number of hydrogen-bond acceptors (Lipinski definition) is 6. The van der Waals surface area contributed by atoms with Gasteiger partial charge < -0.3 is 14.2 Å². The van der Waals surface area contributed by atoms with Gasteiger partial charge in [0.1, 0.15) is 6.10 Å². The summed E-state index contributed by atoms with van der Waals surface area (Å²) in [5.41, 5.74) is 2.28. The number of ether oxygens (including phenoxy) is 3. The monoisotopic (exact) mass is 344 g/mol.